The van der Waals surface area contributed by atoms with Crippen LogP contribution in [0.3, 0.4) is 0 Å². The van der Waals surface area contributed by atoms with Gasteiger partial charge in [0.25, 0.3) is 5.91 Å². The second-order valence-corrected chi connectivity index (χ2v) is 7.16. The maximum Gasteiger partial charge on any atom is 0.439 e. The van der Waals surface area contributed by atoms with Gasteiger partial charge in [0.15, 0.2) is 0 Å². The molecule has 1 aliphatic heterocycles. The van der Waals surface area contributed by atoms with Crippen LogP contribution in [-0.2, 0) is 9.53 Å². The van der Waals surface area contributed by atoms with Gasteiger partial charge in [-0.15, -0.1) is 4.90 Å². The standard InChI is InChI=1S/C13H13F14N3O3/c1-30(2,32)5-3-4-28-6(31)7(14,8(15,16)17)9(18,19)29-10(20,21)12(24,25)33-13(26,27)11(29,22)23/h3-5H2,1-2H3,(H,28,31). The number of nitrogens with zero attached hydrogens (tertiary/aromatic N) is 2. The Balaban J connectivity index is 3.59. The number of morpholine rings is 1. The first-order chi connectivity index (χ1) is 14.2. The van der Waals surface area contributed by atoms with Crippen LogP contribution >= 0.6 is 0 Å². The molecule has 1 saturated heterocycles. The Morgan fingerprint density at radius 1 is 0.909 bits per heavy atom. The molecule has 20 heteroatoms. The van der Waals surface area contributed by atoms with Gasteiger partial charge in [0.2, 0.25) is 0 Å². The summed E-state index contributed by atoms with van der Waals surface area (Å²) in [7, 11) is 1.90. The summed E-state index contributed by atoms with van der Waals surface area (Å²) in [6.07, 6.45) is -22.1. The van der Waals surface area contributed by atoms with Gasteiger partial charge >= 0.3 is 42.2 Å². The molecule has 1 rings (SSSR count). The van der Waals surface area contributed by atoms with Crippen molar-refractivity contribution in [1.29, 1.82) is 0 Å². The summed E-state index contributed by atoms with van der Waals surface area (Å²) in [6, 6.07) is -22.6. The van der Waals surface area contributed by atoms with Crippen LogP contribution in [0.4, 0.5) is 61.5 Å². The molecule has 0 aromatic heterocycles. The van der Waals surface area contributed by atoms with Crippen LogP contribution in [0.25, 0.3) is 0 Å². The summed E-state index contributed by atoms with van der Waals surface area (Å²) in [5, 5.41) is 12.0. The predicted octanol–water partition coefficient (Wildman–Crippen LogP) is 3.63. The zero-order chi connectivity index (χ0) is 26.7. The van der Waals surface area contributed by atoms with Crippen molar-refractivity contribution < 1.29 is 75.6 Å². The van der Waals surface area contributed by atoms with Crippen molar-refractivity contribution in [2.75, 3.05) is 27.2 Å². The number of quaternary nitrogens is 1. The number of alkyl halides is 14. The van der Waals surface area contributed by atoms with Crippen LogP contribution in [0.2, 0.25) is 0 Å². The number of hydrogen-bond donors (Lipinski definition) is 1. The van der Waals surface area contributed by atoms with Gasteiger partial charge < -0.3 is 15.2 Å². The molecule has 1 atom stereocenters. The van der Waals surface area contributed by atoms with Crippen molar-refractivity contribution in [1.82, 2.24) is 10.2 Å². The van der Waals surface area contributed by atoms with Gasteiger partial charge in [-0.2, -0.15) is 57.1 Å². The average Bonchev–Trinajstić information content (AvgIpc) is 2.52. The molecule has 196 valence electrons. The monoisotopic (exact) mass is 525 g/mol. The molecular weight excluding hydrogens is 512 g/mol. The maximum atomic E-state index is 14.5. The molecule has 6 nitrogen and oxygen atoms in total. The minimum Gasteiger partial charge on any atom is -0.633 e. The van der Waals surface area contributed by atoms with Gasteiger partial charge in [0, 0.05) is 13.0 Å². The van der Waals surface area contributed by atoms with Crippen LogP contribution in [-0.4, -0.2) is 84.8 Å². The van der Waals surface area contributed by atoms with Crippen molar-refractivity contribution >= 4 is 5.91 Å². The van der Waals surface area contributed by atoms with E-state index in [1.165, 1.54) is 0 Å². The molecule has 1 N–H and O–H groups in total. The van der Waals surface area contributed by atoms with Gasteiger partial charge in [-0.3, -0.25) is 4.79 Å². The molecule has 0 aliphatic carbocycles. The first-order valence-electron chi connectivity index (χ1n) is 8.18. The molecule has 1 heterocycles. The smallest absolute Gasteiger partial charge is 0.439 e. The molecule has 0 saturated carbocycles. The van der Waals surface area contributed by atoms with Crippen molar-refractivity contribution in [2.24, 2.45) is 0 Å². The van der Waals surface area contributed by atoms with Gasteiger partial charge in [-0.1, -0.05) is 0 Å². The second-order valence-electron chi connectivity index (χ2n) is 7.16. The van der Waals surface area contributed by atoms with E-state index < -0.39 is 77.2 Å². The lowest BCUT2D eigenvalue weighted by atomic mass is 9.98. The Labute approximate surface area is 174 Å². The first-order valence-corrected chi connectivity index (χ1v) is 8.18. The highest BCUT2D eigenvalue weighted by atomic mass is 19.4. The van der Waals surface area contributed by atoms with Gasteiger partial charge in [0.1, 0.15) is 0 Å². The number of rotatable bonds is 7. The van der Waals surface area contributed by atoms with E-state index in [4.69, 9.17) is 0 Å². The van der Waals surface area contributed by atoms with E-state index >= 15 is 0 Å². The molecule has 0 radical (unpaired) electrons. The van der Waals surface area contributed by atoms with Crippen molar-refractivity contribution in [3.8, 4) is 0 Å². The van der Waals surface area contributed by atoms with E-state index in [-0.39, 0.29) is 0 Å². The molecule has 1 fully saturated rings. The van der Waals surface area contributed by atoms with Gasteiger partial charge in [-0.25, -0.2) is 9.13 Å². The minimum atomic E-state index is -7.78. The van der Waals surface area contributed by atoms with Crippen LogP contribution < -0.4 is 5.32 Å². The van der Waals surface area contributed by atoms with Gasteiger partial charge in [0.05, 0.1) is 20.6 Å². The summed E-state index contributed by atoms with van der Waals surface area (Å²) in [5.74, 6) is -3.67. The third-order valence-electron chi connectivity index (χ3n) is 4.08. The largest absolute Gasteiger partial charge is 0.633 e. The number of hydroxylamine groups is 3. The summed E-state index contributed by atoms with van der Waals surface area (Å²) >= 11 is 0. The number of halogens is 14. The third-order valence-corrected chi connectivity index (χ3v) is 4.08. The highest BCUT2D eigenvalue weighted by Gasteiger charge is 2.92. The fourth-order valence-electron chi connectivity index (χ4n) is 2.45. The Kier molecular flexibility index (Phi) is 7.06. The van der Waals surface area contributed by atoms with E-state index in [9.17, 15) is 71.5 Å². The Bertz CT molecular complexity index is 725. The number of hydrogen-bond acceptors (Lipinski definition) is 4. The third kappa shape index (κ3) is 4.65. The van der Waals surface area contributed by atoms with Crippen LogP contribution in [0.5, 0.6) is 0 Å². The van der Waals surface area contributed by atoms with E-state index in [0.717, 1.165) is 19.4 Å². The highest BCUT2D eigenvalue weighted by molar-refractivity contribution is 5.87. The number of ether oxygens (including phenoxy) is 1. The first kappa shape index (κ1) is 29.4. The van der Waals surface area contributed by atoms with E-state index in [1.54, 1.807) is 0 Å². The lowest BCUT2D eigenvalue weighted by molar-refractivity contribution is -0.840. The topological polar surface area (TPSA) is 64.6 Å². The molecule has 1 amide bonds. The highest BCUT2D eigenvalue weighted by Crippen LogP contribution is 2.62. The normalized spacial score (nSPS) is 24.8. The zero-order valence-electron chi connectivity index (χ0n) is 16.0. The Morgan fingerprint density at radius 2 is 1.30 bits per heavy atom. The van der Waals surface area contributed by atoms with Crippen LogP contribution in [0, 0.1) is 5.21 Å². The van der Waals surface area contributed by atoms with Crippen molar-refractivity contribution in [2.45, 2.75) is 48.6 Å². The lowest BCUT2D eigenvalue weighted by Gasteiger charge is -2.51. The summed E-state index contributed by atoms with van der Waals surface area (Å²) in [6.45, 7) is -1.80. The molecule has 33 heavy (non-hydrogen) atoms. The summed E-state index contributed by atoms with van der Waals surface area (Å²) in [4.78, 5) is 7.54. The SMILES string of the molecule is C[N+](C)([O-])CCCNC(=O)C(F)(C(F)(F)F)C(F)(F)N1C(F)(F)C(F)(F)OC(F)(F)C1(F)F. The fourth-order valence-corrected chi connectivity index (χ4v) is 2.45. The fraction of sp³-hybridized carbons (Fsp3) is 0.923. The molecule has 0 spiro atoms. The molecule has 1 unspecified atom stereocenters. The Hall–Kier alpha value is -1.67. The number of carbonyl (C=O) groups is 1. The maximum absolute atomic E-state index is 14.5. The quantitative estimate of drug-likeness (QED) is 0.181. The number of nitrogens with one attached hydrogen (secondary N) is 1. The van der Waals surface area contributed by atoms with Crippen molar-refractivity contribution in [3.63, 3.8) is 0 Å². The molecule has 0 bridgehead atoms. The molecular formula is C13H13F14N3O3. The number of carbonyl (C=O) groups excluding carboxylic acids is 1. The second kappa shape index (κ2) is 7.94. The number of amides is 1. The van der Waals surface area contributed by atoms with Crippen molar-refractivity contribution in [3.05, 3.63) is 5.21 Å². The zero-order valence-corrected chi connectivity index (χ0v) is 16.0. The predicted molar refractivity (Wildman–Crippen MR) is 75.5 cm³/mol. The minimum absolute atomic E-state index is 0.556. The molecule has 1 aliphatic rings. The summed E-state index contributed by atoms with van der Waals surface area (Å²) < 4.78 is 190. The molecule has 0 aromatic rings. The average molecular weight is 525 g/mol. The van der Waals surface area contributed by atoms with E-state index in [1.807, 2.05) is 4.74 Å². The molecule has 0 aromatic carbocycles. The summed E-state index contributed by atoms with van der Waals surface area (Å²) in [5.41, 5.74) is -7.20. The Morgan fingerprint density at radius 3 is 1.64 bits per heavy atom. The van der Waals surface area contributed by atoms with Crippen LogP contribution in [0.1, 0.15) is 6.42 Å². The van der Waals surface area contributed by atoms with Gasteiger partial charge in [-0.05, 0) is 0 Å². The lowest BCUT2D eigenvalue weighted by Crippen LogP contribution is -2.83. The van der Waals surface area contributed by atoms with E-state index in [0.29, 0.717) is 0 Å². The van der Waals surface area contributed by atoms with Crippen LogP contribution in [0.15, 0.2) is 0 Å². The van der Waals surface area contributed by atoms with E-state index in [2.05, 4.69) is 0 Å².